The molecule has 0 aliphatic rings. The second-order valence-electron chi connectivity index (χ2n) is 3.56. The quantitative estimate of drug-likeness (QED) is 0.496. The van der Waals surface area contributed by atoms with Gasteiger partial charge in [-0.2, -0.15) is 5.26 Å². The Morgan fingerprint density at radius 2 is 2.12 bits per heavy atom. The van der Waals surface area contributed by atoms with E-state index in [9.17, 15) is 13.2 Å². The van der Waals surface area contributed by atoms with Crippen LogP contribution in [0.2, 0.25) is 0 Å². The molecule has 0 aliphatic heterocycles. The number of rotatable bonds is 7. The number of hydrogen-bond acceptors (Lipinski definition) is 5. The second kappa shape index (κ2) is 7.23. The van der Waals surface area contributed by atoms with Crippen molar-refractivity contribution >= 4 is 15.8 Å². The highest BCUT2D eigenvalue weighted by molar-refractivity contribution is 7.92. The molecule has 0 aromatic carbocycles. The third-order valence-electron chi connectivity index (χ3n) is 1.99. The van der Waals surface area contributed by atoms with Crippen molar-refractivity contribution in [3.63, 3.8) is 0 Å². The van der Waals surface area contributed by atoms with Crippen LogP contribution in [0.3, 0.4) is 0 Å². The van der Waals surface area contributed by atoms with E-state index in [2.05, 4.69) is 0 Å². The summed E-state index contributed by atoms with van der Waals surface area (Å²) in [6.45, 7) is 3.56. The van der Waals surface area contributed by atoms with Gasteiger partial charge in [-0.25, -0.2) is 8.42 Å². The largest absolute Gasteiger partial charge is 0.462 e. The molecule has 0 rings (SSSR count). The summed E-state index contributed by atoms with van der Waals surface area (Å²) in [6.07, 6.45) is 0.830. The molecule has 1 unspecified atom stereocenters. The molecule has 0 radical (unpaired) electrons. The van der Waals surface area contributed by atoms with E-state index in [1.54, 1.807) is 6.92 Å². The molecule has 0 spiro atoms. The van der Waals surface area contributed by atoms with Gasteiger partial charge in [0.05, 0.1) is 17.9 Å². The summed E-state index contributed by atoms with van der Waals surface area (Å²) in [5.41, 5.74) is 0. The average Bonchev–Trinajstić information content (AvgIpc) is 2.16. The Balaban J connectivity index is 4.07. The normalized spacial score (nSPS) is 12.8. The van der Waals surface area contributed by atoms with Crippen molar-refractivity contribution < 1.29 is 17.9 Å². The van der Waals surface area contributed by atoms with Gasteiger partial charge in [-0.05, 0) is 19.8 Å². The number of nitrogens with zero attached hydrogens (tertiary/aromatic N) is 1. The summed E-state index contributed by atoms with van der Waals surface area (Å²) >= 11 is 0. The molecule has 0 saturated carbocycles. The highest BCUT2D eigenvalue weighted by Crippen LogP contribution is 2.01. The smallest absolute Gasteiger partial charge is 0.321 e. The Kier molecular flexibility index (Phi) is 6.74. The monoisotopic (exact) mass is 247 g/mol. The Morgan fingerprint density at radius 1 is 1.50 bits per heavy atom. The van der Waals surface area contributed by atoms with Crippen molar-refractivity contribution in [3.05, 3.63) is 0 Å². The summed E-state index contributed by atoms with van der Waals surface area (Å²) in [4.78, 5) is 11.2. The highest BCUT2D eigenvalue weighted by atomic mass is 32.2. The lowest BCUT2D eigenvalue weighted by Gasteiger charge is -2.10. The SMILES string of the molecule is CCC(C)OC(=O)CS(=O)(=O)CCCC#N. The van der Waals surface area contributed by atoms with Gasteiger partial charge in [0.1, 0.15) is 5.75 Å². The maximum Gasteiger partial charge on any atom is 0.321 e. The summed E-state index contributed by atoms with van der Waals surface area (Å²) < 4.78 is 27.6. The molecular weight excluding hydrogens is 230 g/mol. The van der Waals surface area contributed by atoms with Crippen molar-refractivity contribution in [3.8, 4) is 6.07 Å². The first-order chi connectivity index (χ1) is 7.41. The Bertz CT molecular complexity index is 356. The van der Waals surface area contributed by atoms with Gasteiger partial charge in [0.15, 0.2) is 9.84 Å². The molecule has 5 nitrogen and oxygen atoms in total. The molecule has 0 amide bonds. The summed E-state index contributed by atoms with van der Waals surface area (Å²) in [5.74, 6) is -1.45. The minimum absolute atomic E-state index is 0.143. The number of esters is 1. The van der Waals surface area contributed by atoms with Crippen LogP contribution in [-0.4, -0.2) is 32.0 Å². The van der Waals surface area contributed by atoms with Crippen molar-refractivity contribution in [2.24, 2.45) is 0 Å². The van der Waals surface area contributed by atoms with E-state index in [1.807, 2.05) is 13.0 Å². The Hall–Kier alpha value is -1.09. The van der Waals surface area contributed by atoms with Crippen LogP contribution in [0.4, 0.5) is 0 Å². The fourth-order valence-electron chi connectivity index (χ4n) is 0.965. The van der Waals surface area contributed by atoms with Gasteiger partial charge >= 0.3 is 5.97 Å². The first kappa shape index (κ1) is 14.9. The predicted molar refractivity (Wildman–Crippen MR) is 59.3 cm³/mol. The van der Waals surface area contributed by atoms with E-state index in [4.69, 9.17) is 10.00 Å². The molecule has 0 heterocycles. The van der Waals surface area contributed by atoms with Crippen LogP contribution >= 0.6 is 0 Å². The number of carbonyl (C=O) groups is 1. The van der Waals surface area contributed by atoms with E-state index in [1.165, 1.54) is 0 Å². The molecule has 0 fully saturated rings. The molecule has 92 valence electrons. The van der Waals surface area contributed by atoms with Crippen molar-refractivity contribution in [2.75, 3.05) is 11.5 Å². The second-order valence-corrected chi connectivity index (χ2v) is 5.75. The van der Waals surface area contributed by atoms with Crippen molar-refractivity contribution in [1.82, 2.24) is 0 Å². The first-order valence-corrected chi connectivity index (χ1v) is 7.00. The van der Waals surface area contributed by atoms with Crippen LogP contribution < -0.4 is 0 Å². The molecule has 6 heteroatoms. The lowest BCUT2D eigenvalue weighted by atomic mass is 10.3. The predicted octanol–water partition coefficient (Wildman–Crippen LogP) is 1.05. The van der Waals surface area contributed by atoms with Crippen LogP contribution in [0.15, 0.2) is 0 Å². The Morgan fingerprint density at radius 3 is 2.62 bits per heavy atom. The van der Waals surface area contributed by atoms with Gasteiger partial charge in [-0.15, -0.1) is 0 Å². The molecule has 1 atom stereocenters. The molecule has 0 aliphatic carbocycles. The molecule has 0 N–H and O–H groups in total. The summed E-state index contributed by atoms with van der Waals surface area (Å²) in [7, 11) is -3.43. The minimum atomic E-state index is -3.43. The van der Waals surface area contributed by atoms with Crippen LogP contribution in [0.5, 0.6) is 0 Å². The van der Waals surface area contributed by atoms with Gasteiger partial charge < -0.3 is 4.74 Å². The number of nitriles is 1. The molecule has 0 aromatic heterocycles. The number of unbranched alkanes of at least 4 members (excludes halogenated alkanes) is 1. The fraction of sp³-hybridized carbons (Fsp3) is 0.800. The topological polar surface area (TPSA) is 84.2 Å². The van der Waals surface area contributed by atoms with Gasteiger partial charge in [0, 0.05) is 6.42 Å². The van der Waals surface area contributed by atoms with Crippen LogP contribution in [0, 0.1) is 11.3 Å². The Labute approximate surface area is 96.3 Å². The van der Waals surface area contributed by atoms with Gasteiger partial charge in [0.2, 0.25) is 0 Å². The van der Waals surface area contributed by atoms with Crippen LogP contribution in [0.1, 0.15) is 33.1 Å². The zero-order valence-corrected chi connectivity index (χ0v) is 10.4. The average molecular weight is 247 g/mol. The molecule has 0 aromatic rings. The van der Waals surface area contributed by atoms with Crippen LogP contribution in [0.25, 0.3) is 0 Å². The lowest BCUT2D eigenvalue weighted by Crippen LogP contribution is -2.24. The third-order valence-corrected chi connectivity index (χ3v) is 3.58. The van der Waals surface area contributed by atoms with E-state index in [0.29, 0.717) is 6.42 Å². The minimum Gasteiger partial charge on any atom is -0.462 e. The van der Waals surface area contributed by atoms with Gasteiger partial charge in [0.25, 0.3) is 0 Å². The van der Waals surface area contributed by atoms with Gasteiger partial charge in [-0.3, -0.25) is 4.79 Å². The molecule has 0 bridgehead atoms. The third kappa shape index (κ3) is 7.23. The standard InChI is InChI=1S/C10H17NO4S/c1-3-9(2)15-10(12)8-16(13,14)7-5-4-6-11/h9H,3-5,7-8H2,1-2H3. The first-order valence-electron chi connectivity index (χ1n) is 5.18. The van der Waals surface area contributed by atoms with E-state index in [-0.39, 0.29) is 24.7 Å². The van der Waals surface area contributed by atoms with Crippen molar-refractivity contribution in [2.45, 2.75) is 39.2 Å². The molecule has 0 saturated heterocycles. The summed E-state index contributed by atoms with van der Waals surface area (Å²) in [6, 6.07) is 1.85. The lowest BCUT2D eigenvalue weighted by molar-refractivity contribution is -0.145. The molecular formula is C10H17NO4S. The van der Waals surface area contributed by atoms with E-state index < -0.39 is 21.6 Å². The maximum atomic E-state index is 11.4. The molecule has 16 heavy (non-hydrogen) atoms. The van der Waals surface area contributed by atoms with Crippen LogP contribution in [-0.2, 0) is 19.4 Å². The van der Waals surface area contributed by atoms with E-state index >= 15 is 0 Å². The fourth-order valence-corrected chi connectivity index (χ4v) is 2.12. The zero-order chi connectivity index (χ0) is 12.6. The highest BCUT2D eigenvalue weighted by Gasteiger charge is 2.18. The maximum absolute atomic E-state index is 11.4. The van der Waals surface area contributed by atoms with E-state index in [0.717, 1.165) is 0 Å². The zero-order valence-electron chi connectivity index (χ0n) is 9.60. The number of sulfone groups is 1. The number of carbonyl (C=O) groups excluding carboxylic acids is 1. The number of hydrogen-bond donors (Lipinski definition) is 0. The summed E-state index contributed by atoms with van der Waals surface area (Å²) in [5, 5.41) is 8.26. The number of ether oxygens (including phenoxy) is 1. The van der Waals surface area contributed by atoms with Gasteiger partial charge in [-0.1, -0.05) is 6.92 Å². The van der Waals surface area contributed by atoms with Crippen molar-refractivity contribution in [1.29, 1.82) is 5.26 Å².